The number of hydrogen-bond acceptors (Lipinski definition) is 6. The van der Waals surface area contributed by atoms with Gasteiger partial charge in [0.2, 0.25) is 11.8 Å². The minimum Gasteiger partial charge on any atom is -0.471 e. The van der Waals surface area contributed by atoms with Crippen LogP contribution in [0.5, 0.6) is 5.88 Å². The number of nitrogens with one attached hydrogen (secondary N) is 1. The van der Waals surface area contributed by atoms with E-state index in [1.165, 1.54) is 12.4 Å². The summed E-state index contributed by atoms with van der Waals surface area (Å²) in [4.78, 5) is 40.2. The third-order valence-electron chi connectivity index (χ3n) is 6.12. The summed E-state index contributed by atoms with van der Waals surface area (Å²) in [7, 11) is 1.85. The Labute approximate surface area is 207 Å². The fourth-order valence-corrected chi connectivity index (χ4v) is 4.07. The lowest BCUT2D eigenvalue weighted by atomic mass is 10.1. The Morgan fingerprint density at radius 1 is 1.28 bits per heavy atom. The number of fused-ring (bicyclic) bond motifs is 1. The smallest absolute Gasteiger partial charge is 0.278 e. The largest absolute Gasteiger partial charge is 0.471 e. The topological polar surface area (TPSA) is 102 Å². The van der Waals surface area contributed by atoms with Crippen LogP contribution in [0.2, 0.25) is 0 Å². The molecule has 0 radical (unpaired) electrons. The van der Waals surface area contributed by atoms with Gasteiger partial charge in [-0.15, -0.1) is 0 Å². The first-order valence-electron chi connectivity index (χ1n) is 11.5. The summed E-state index contributed by atoms with van der Waals surface area (Å²) in [5, 5.41) is 2.84. The molecule has 36 heavy (non-hydrogen) atoms. The van der Waals surface area contributed by atoms with E-state index < -0.39 is 12.5 Å². The fourth-order valence-electron chi connectivity index (χ4n) is 4.07. The molecule has 4 heterocycles. The molecule has 0 aromatic carbocycles. The van der Waals surface area contributed by atoms with E-state index in [9.17, 15) is 18.4 Å². The zero-order chi connectivity index (χ0) is 26.0. The van der Waals surface area contributed by atoms with Gasteiger partial charge in [0, 0.05) is 62.0 Å². The highest BCUT2D eigenvalue weighted by atomic mass is 19.3. The van der Waals surface area contributed by atoms with Crippen LogP contribution in [0.4, 0.5) is 8.78 Å². The summed E-state index contributed by atoms with van der Waals surface area (Å²) in [6.07, 6.45) is 6.57. The number of alkyl halides is 2. The number of nitrogens with zero attached hydrogens (tertiary/aromatic N) is 5. The Morgan fingerprint density at radius 2 is 2.06 bits per heavy atom. The number of carbonyl (C=O) groups is 2. The first-order valence-corrected chi connectivity index (χ1v) is 11.5. The lowest BCUT2D eigenvalue weighted by Gasteiger charge is -2.25. The van der Waals surface area contributed by atoms with E-state index in [1.54, 1.807) is 36.4 Å². The lowest BCUT2D eigenvalue weighted by Crippen LogP contribution is -2.28. The molecule has 9 nitrogen and oxygen atoms in total. The van der Waals surface area contributed by atoms with Crippen LogP contribution in [-0.4, -0.2) is 48.8 Å². The number of imidazole rings is 1. The molecule has 0 aliphatic carbocycles. The van der Waals surface area contributed by atoms with Crippen molar-refractivity contribution in [2.24, 2.45) is 7.05 Å². The van der Waals surface area contributed by atoms with Gasteiger partial charge in [0.15, 0.2) is 6.61 Å². The molecule has 2 amide bonds. The number of hydrogen-bond donors (Lipinski definition) is 1. The first kappa shape index (κ1) is 25.2. The predicted molar refractivity (Wildman–Crippen MR) is 126 cm³/mol. The molecule has 1 aliphatic rings. The summed E-state index contributed by atoms with van der Waals surface area (Å²) in [6, 6.07) is 3.09. The second-order valence-electron chi connectivity index (χ2n) is 9.05. The Morgan fingerprint density at radius 3 is 2.72 bits per heavy atom. The number of rotatable bonds is 9. The van der Waals surface area contributed by atoms with Gasteiger partial charge < -0.3 is 19.5 Å². The van der Waals surface area contributed by atoms with Crippen molar-refractivity contribution in [3.8, 4) is 5.88 Å². The van der Waals surface area contributed by atoms with Crippen LogP contribution in [0.3, 0.4) is 0 Å². The molecule has 1 atom stereocenters. The van der Waals surface area contributed by atoms with E-state index in [2.05, 4.69) is 20.3 Å². The minimum absolute atomic E-state index is 0.0395. The summed E-state index contributed by atoms with van der Waals surface area (Å²) in [5.41, 5.74) is 3.12. The van der Waals surface area contributed by atoms with Crippen molar-refractivity contribution in [3.63, 3.8) is 0 Å². The molecule has 0 saturated carbocycles. The number of aryl methyl sites for hydroxylation is 2. The standard InChI is InChI=1S/C25H28F2N6O3/c1-15-9-17(11-31-23(15)36-14-25(3,26)27)16(2)33-13-19-18(24(33)35)5-6-28-20(19)10-22(34)30-12-21-29-7-8-32(21)4/h5-9,11,16H,10,12-14H2,1-4H3,(H,30,34). The van der Waals surface area contributed by atoms with Crippen LogP contribution in [0.1, 0.15) is 58.5 Å². The molecule has 3 aromatic rings. The van der Waals surface area contributed by atoms with Crippen molar-refractivity contribution < 1.29 is 23.1 Å². The van der Waals surface area contributed by atoms with E-state index in [0.717, 1.165) is 23.9 Å². The summed E-state index contributed by atoms with van der Waals surface area (Å²) in [5.74, 6) is -2.49. The average Bonchev–Trinajstić information content (AvgIpc) is 3.39. The number of halogens is 2. The highest BCUT2D eigenvalue weighted by molar-refractivity contribution is 5.99. The van der Waals surface area contributed by atoms with Gasteiger partial charge in [-0.25, -0.2) is 18.7 Å². The Bertz CT molecular complexity index is 1290. The van der Waals surface area contributed by atoms with Gasteiger partial charge in [0.05, 0.1) is 24.7 Å². The van der Waals surface area contributed by atoms with E-state index in [1.807, 2.05) is 18.5 Å². The molecular weight excluding hydrogens is 470 g/mol. The average molecular weight is 499 g/mol. The minimum atomic E-state index is -2.96. The van der Waals surface area contributed by atoms with Crippen molar-refractivity contribution >= 4 is 11.8 Å². The zero-order valence-electron chi connectivity index (χ0n) is 20.6. The third kappa shape index (κ3) is 5.50. The van der Waals surface area contributed by atoms with E-state index in [0.29, 0.717) is 29.9 Å². The molecule has 0 spiro atoms. The normalized spacial score (nSPS) is 14.1. The second-order valence-corrected chi connectivity index (χ2v) is 9.05. The molecule has 190 valence electrons. The Hall–Kier alpha value is -3.89. The van der Waals surface area contributed by atoms with Crippen molar-refractivity contribution in [2.75, 3.05) is 6.61 Å². The van der Waals surface area contributed by atoms with Crippen molar-refractivity contribution in [1.82, 2.24) is 29.7 Å². The van der Waals surface area contributed by atoms with E-state index in [4.69, 9.17) is 4.74 Å². The molecule has 1 N–H and O–H groups in total. The predicted octanol–water partition coefficient (Wildman–Crippen LogP) is 3.13. The van der Waals surface area contributed by atoms with Crippen LogP contribution < -0.4 is 10.1 Å². The molecule has 1 unspecified atom stereocenters. The molecule has 1 aliphatic heterocycles. The van der Waals surface area contributed by atoms with Crippen molar-refractivity contribution in [2.45, 2.75) is 52.2 Å². The van der Waals surface area contributed by atoms with Gasteiger partial charge in [0.25, 0.3) is 11.8 Å². The zero-order valence-corrected chi connectivity index (χ0v) is 20.6. The molecule has 3 aromatic heterocycles. The number of amides is 2. The summed E-state index contributed by atoms with van der Waals surface area (Å²) < 4.78 is 33.2. The number of ether oxygens (including phenoxy) is 1. The van der Waals surface area contributed by atoms with Crippen LogP contribution in [-0.2, 0) is 31.4 Å². The van der Waals surface area contributed by atoms with Gasteiger partial charge in [-0.05, 0) is 31.5 Å². The summed E-state index contributed by atoms with van der Waals surface area (Å²) >= 11 is 0. The van der Waals surface area contributed by atoms with Crippen LogP contribution in [0.25, 0.3) is 0 Å². The van der Waals surface area contributed by atoms with Crippen molar-refractivity contribution in [1.29, 1.82) is 0 Å². The maximum absolute atomic E-state index is 13.2. The van der Waals surface area contributed by atoms with Gasteiger partial charge >= 0.3 is 0 Å². The quantitative estimate of drug-likeness (QED) is 0.486. The number of carbonyl (C=O) groups excluding carboxylic acids is 2. The van der Waals surface area contributed by atoms with Gasteiger partial charge in [-0.2, -0.15) is 0 Å². The highest BCUT2D eigenvalue weighted by Crippen LogP contribution is 2.33. The van der Waals surface area contributed by atoms with Crippen LogP contribution in [0, 0.1) is 6.92 Å². The van der Waals surface area contributed by atoms with Gasteiger partial charge in [0.1, 0.15) is 5.82 Å². The van der Waals surface area contributed by atoms with E-state index in [-0.39, 0.29) is 30.2 Å². The van der Waals surface area contributed by atoms with Crippen LogP contribution >= 0.6 is 0 Å². The number of pyridine rings is 2. The van der Waals surface area contributed by atoms with Gasteiger partial charge in [-0.1, -0.05) is 0 Å². The molecule has 4 rings (SSSR count). The van der Waals surface area contributed by atoms with Gasteiger partial charge in [-0.3, -0.25) is 14.6 Å². The summed E-state index contributed by atoms with van der Waals surface area (Å²) in [6.45, 7) is 4.20. The highest BCUT2D eigenvalue weighted by Gasteiger charge is 2.34. The third-order valence-corrected chi connectivity index (χ3v) is 6.12. The fraction of sp³-hybridized carbons (Fsp3) is 0.400. The Kier molecular flexibility index (Phi) is 7.00. The molecule has 0 saturated heterocycles. The maximum atomic E-state index is 13.2. The van der Waals surface area contributed by atoms with E-state index >= 15 is 0 Å². The molecular formula is C25H28F2N6O3. The Balaban J connectivity index is 1.45. The molecule has 0 bridgehead atoms. The molecule has 0 fully saturated rings. The first-order chi connectivity index (χ1) is 17.0. The number of aromatic nitrogens is 4. The maximum Gasteiger partial charge on any atom is 0.278 e. The van der Waals surface area contributed by atoms with Crippen LogP contribution in [0.15, 0.2) is 36.9 Å². The SMILES string of the molecule is Cc1cc(C(C)N2Cc3c(ccnc3CC(=O)NCc3nccn3C)C2=O)cnc1OCC(C)(F)F. The monoisotopic (exact) mass is 498 g/mol. The molecule has 11 heteroatoms. The lowest BCUT2D eigenvalue weighted by molar-refractivity contribution is -0.120. The second kappa shape index (κ2) is 10.00. The van der Waals surface area contributed by atoms with Crippen molar-refractivity contribution in [3.05, 3.63) is 70.7 Å².